The maximum Gasteiger partial charge on any atom is 0.191 e. The molecule has 0 spiro atoms. The van der Waals surface area contributed by atoms with Gasteiger partial charge in [0.25, 0.3) is 0 Å². The molecule has 1 aliphatic carbocycles. The van der Waals surface area contributed by atoms with E-state index in [-0.39, 0.29) is 0 Å². The normalized spacial score (nSPS) is 15.9. The molecule has 0 aromatic carbocycles. The molecule has 0 amide bonds. The molecule has 136 valence electrons. The third kappa shape index (κ3) is 5.51. The number of aliphatic imine (C=N–C) groups is 1. The minimum atomic E-state index is 0.496. The van der Waals surface area contributed by atoms with Gasteiger partial charge in [-0.25, -0.2) is 0 Å². The summed E-state index contributed by atoms with van der Waals surface area (Å²) in [6, 6.07) is 0. The van der Waals surface area contributed by atoms with E-state index < -0.39 is 0 Å². The van der Waals surface area contributed by atoms with E-state index in [9.17, 15) is 0 Å². The van der Waals surface area contributed by atoms with Crippen molar-refractivity contribution in [3.63, 3.8) is 0 Å². The Morgan fingerprint density at radius 1 is 1.25 bits per heavy atom. The standard InChI is InChI=1S/C18H32N4O2/c1-4-16-15(17(5-2)24-22-16)13-21-18(19-3)20-11-8-12-23-14-9-6-7-10-14/h14H,4-13H2,1-3H3,(H2,19,20,21). The van der Waals surface area contributed by atoms with Crippen molar-refractivity contribution in [3.05, 3.63) is 17.0 Å². The van der Waals surface area contributed by atoms with Gasteiger partial charge in [-0.05, 0) is 25.7 Å². The van der Waals surface area contributed by atoms with Crippen LogP contribution in [0.4, 0.5) is 0 Å². The van der Waals surface area contributed by atoms with Crippen molar-refractivity contribution in [2.24, 2.45) is 4.99 Å². The van der Waals surface area contributed by atoms with Gasteiger partial charge in [0.1, 0.15) is 5.76 Å². The minimum absolute atomic E-state index is 0.496. The summed E-state index contributed by atoms with van der Waals surface area (Å²) < 4.78 is 11.3. The number of rotatable bonds is 9. The molecule has 1 aliphatic rings. The molecule has 1 aromatic heterocycles. The van der Waals surface area contributed by atoms with Gasteiger partial charge in [0.2, 0.25) is 0 Å². The van der Waals surface area contributed by atoms with Crippen LogP contribution in [0.15, 0.2) is 9.52 Å². The first-order valence-corrected chi connectivity index (χ1v) is 9.30. The van der Waals surface area contributed by atoms with Crippen LogP contribution in [0.5, 0.6) is 0 Å². The first-order chi connectivity index (χ1) is 11.8. The fourth-order valence-corrected chi connectivity index (χ4v) is 3.11. The second-order valence-corrected chi connectivity index (χ2v) is 6.22. The summed E-state index contributed by atoms with van der Waals surface area (Å²) in [5, 5.41) is 10.8. The topological polar surface area (TPSA) is 71.7 Å². The Morgan fingerprint density at radius 2 is 2.04 bits per heavy atom. The number of hydrogen-bond donors (Lipinski definition) is 2. The summed E-state index contributed by atoms with van der Waals surface area (Å²) in [5.74, 6) is 1.76. The molecule has 6 heteroatoms. The lowest BCUT2D eigenvalue weighted by molar-refractivity contribution is 0.0574. The maximum absolute atomic E-state index is 5.88. The SMILES string of the molecule is CCc1noc(CC)c1CNC(=NC)NCCCOC1CCCC1. The lowest BCUT2D eigenvalue weighted by Gasteiger charge is -2.14. The van der Waals surface area contributed by atoms with Crippen molar-refractivity contribution >= 4 is 5.96 Å². The molecule has 0 unspecified atom stereocenters. The molecule has 0 saturated heterocycles. The van der Waals surface area contributed by atoms with E-state index in [4.69, 9.17) is 9.26 Å². The summed E-state index contributed by atoms with van der Waals surface area (Å²) in [7, 11) is 1.79. The molecule has 0 radical (unpaired) electrons. The van der Waals surface area contributed by atoms with Gasteiger partial charge >= 0.3 is 0 Å². The number of aryl methyl sites for hydroxylation is 2. The molecule has 1 saturated carbocycles. The second-order valence-electron chi connectivity index (χ2n) is 6.22. The third-order valence-corrected chi connectivity index (χ3v) is 4.53. The van der Waals surface area contributed by atoms with E-state index in [1.807, 2.05) is 0 Å². The Bertz CT molecular complexity index is 486. The number of ether oxygens (including phenoxy) is 1. The maximum atomic E-state index is 5.88. The van der Waals surface area contributed by atoms with Crippen LogP contribution in [0.2, 0.25) is 0 Å². The predicted molar refractivity (Wildman–Crippen MR) is 96.3 cm³/mol. The quantitative estimate of drug-likeness (QED) is 0.412. The van der Waals surface area contributed by atoms with Crippen molar-refractivity contribution < 1.29 is 9.26 Å². The van der Waals surface area contributed by atoms with Crippen LogP contribution in [-0.2, 0) is 24.1 Å². The smallest absolute Gasteiger partial charge is 0.191 e. The summed E-state index contributed by atoms with van der Waals surface area (Å²) in [6.07, 6.45) is 8.33. The Labute approximate surface area is 145 Å². The highest BCUT2D eigenvalue weighted by atomic mass is 16.5. The van der Waals surface area contributed by atoms with Crippen molar-refractivity contribution in [2.75, 3.05) is 20.2 Å². The fraction of sp³-hybridized carbons (Fsp3) is 0.778. The highest BCUT2D eigenvalue weighted by Gasteiger charge is 2.15. The van der Waals surface area contributed by atoms with Crippen molar-refractivity contribution in [1.82, 2.24) is 15.8 Å². The van der Waals surface area contributed by atoms with Gasteiger partial charge in [-0.2, -0.15) is 0 Å². The van der Waals surface area contributed by atoms with Crippen LogP contribution >= 0.6 is 0 Å². The molecule has 0 atom stereocenters. The molecule has 1 fully saturated rings. The molecular formula is C18H32N4O2. The molecule has 0 aliphatic heterocycles. The Morgan fingerprint density at radius 3 is 2.71 bits per heavy atom. The first kappa shape index (κ1) is 18.8. The highest BCUT2D eigenvalue weighted by Crippen LogP contribution is 2.20. The van der Waals surface area contributed by atoms with Gasteiger partial charge in [-0.1, -0.05) is 31.8 Å². The molecule has 2 N–H and O–H groups in total. The van der Waals surface area contributed by atoms with Crippen LogP contribution in [0.25, 0.3) is 0 Å². The van der Waals surface area contributed by atoms with Crippen LogP contribution < -0.4 is 10.6 Å². The monoisotopic (exact) mass is 336 g/mol. The van der Waals surface area contributed by atoms with E-state index in [1.54, 1.807) is 7.05 Å². The van der Waals surface area contributed by atoms with Gasteiger partial charge < -0.3 is 19.9 Å². The van der Waals surface area contributed by atoms with Gasteiger partial charge in [-0.3, -0.25) is 4.99 Å². The fourth-order valence-electron chi connectivity index (χ4n) is 3.11. The average molecular weight is 336 g/mol. The zero-order chi connectivity index (χ0) is 17.2. The lowest BCUT2D eigenvalue weighted by atomic mass is 10.1. The van der Waals surface area contributed by atoms with Crippen molar-refractivity contribution in [3.8, 4) is 0 Å². The second kappa shape index (κ2) is 10.3. The molecule has 2 rings (SSSR count). The van der Waals surface area contributed by atoms with E-state index >= 15 is 0 Å². The molecular weight excluding hydrogens is 304 g/mol. The molecule has 24 heavy (non-hydrogen) atoms. The molecule has 1 heterocycles. The van der Waals surface area contributed by atoms with Crippen molar-refractivity contribution in [1.29, 1.82) is 0 Å². The van der Waals surface area contributed by atoms with E-state index in [0.717, 1.165) is 55.4 Å². The number of nitrogens with one attached hydrogen (secondary N) is 2. The lowest BCUT2D eigenvalue weighted by Crippen LogP contribution is -2.37. The Hall–Kier alpha value is -1.56. The minimum Gasteiger partial charge on any atom is -0.378 e. The first-order valence-electron chi connectivity index (χ1n) is 9.30. The number of nitrogens with zero attached hydrogens (tertiary/aromatic N) is 2. The third-order valence-electron chi connectivity index (χ3n) is 4.53. The van der Waals surface area contributed by atoms with E-state index in [0.29, 0.717) is 12.6 Å². The summed E-state index contributed by atoms with van der Waals surface area (Å²) in [4.78, 5) is 4.28. The Kier molecular flexibility index (Phi) is 8.08. The predicted octanol–water partition coefficient (Wildman–Crippen LogP) is 2.81. The van der Waals surface area contributed by atoms with Crippen LogP contribution in [0.3, 0.4) is 0 Å². The van der Waals surface area contributed by atoms with Gasteiger partial charge in [0, 0.05) is 38.7 Å². The summed E-state index contributed by atoms with van der Waals surface area (Å²) in [6.45, 7) is 6.55. The van der Waals surface area contributed by atoms with E-state index in [1.165, 1.54) is 25.7 Å². The zero-order valence-electron chi connectivity index (χ0n) is 15.4. The van der Waals surface area contributed by atoms with Crippen LogP contribution in [0.1, 0.15) is 63.0 Å². The summed E-state index contributed by atoms with van der Waals surface area (Å²) in [5.41, 5.74) is 2.19. The number of guanidine groups is 1. The molecule has 0 bridgehead atoms. The van der Waals surface area contributed by atoms with E-state index in [2.05, 4.69) is 34.6 Å². The average Bonchev–Trinajstić information content (AvgIpc) is 3.26. The van der Waals surface area contributed by atoms with Crippen molar-refractivity contribution in [2.45, 2.75) is 71.4 Å². The molecule has 6 nitrogen and oxygen atoms in total. The Balaban J connectivity index is 1.67. The summed E-state index contributed by atoms with van der Waals surface area (Å²) >= 11 is 0. The van der Waals surface area contributed by atoms with Gasteiger partial charge in [-0.15, -0.1) is 0 Å². The largest absolute Gasteiger partial charge is 0.378 e. The zero-order valence-corrected chi connectivity index (χ0v) is 15.4. The highest BCUT2D eigenvalue weighted by molar-refractivity contribution is 5.79. The number of aromatic nitrogens is 1. The number of hydrogen-bond acceptors (Lipinski definition) is 4. The van der Waals surface area contributed by atoms with Gasteiger partial charge in [0.15, 0.2) is 5.96 Å². The molecule has 1 aromatic rings. The van der Waals surface area contributed by atoms with Crippen LogP contribution in [0, 0.1) is 0 Å². The van der Waals surface area contributed by atoms with Gasteiger partial charge in [0.05, 0.1) is 11.8 Å². The van der Waals surface area contributed by atoms with Crippen LogP contribution in [-0.4, -0.2) is 37.4 Å².